The van der Waals surface area contributed by atoms with Gasteiger partial charge in [-0.25, -0.2) is 14.5 Å². The number of fused-ring (bicyclic) bond motifs is 1. The van der Waals surface area contributed by atoms with E-state index >= 15 is 0 Å². The third kappa shape index (κ3) is 3.91. The fraction of sp³-hybridized carbons (Fsp3) is 0.105. The number of ether oxygens (including phenoxy) is 1. The van der Waals surface area contributed by atoms with Crippen LogP contribution in [0.5, 0.6) is 5.75 Å². The Morgan fingerprint density at radius 1 is 1.15 bits per heavy atom. The summed E-state index contributed by atoms with van der Waals surface area (Å²) in [5.74, 6) is 2.00. The normalized spacial score (nSPS) is 11.0. The Bertz CT molecular complexity index is 1150. The second-order valence-electron chi connectivity index (χ2n) is 5.79. The molecule has 136 valence electrons. The number of thioether (sulfide) groups is 1. The summed E-state index contributed by atoms with van der Waals surface area (Å²) in [5, 5.41) is 3.43. The predicted octanol–water partition coefficient (Wildman–Crippen LogP) is 4.15. The first-order valence-electron chi connectivity index (χ1n) is 8.14. The smallest absolute Gasteiger partial charge is 0.266 e. The molecule has 0 saturated carbocycles. The lowest BCUT2D eigenvalue weighted by molar-refractivity contribution is 0.415. The van der Waals surface area contributed by atoms with E-state index in [2.05, 4.69) is 43.1 Å². The SMILES string of the molecule is COc1cccc(-c2nc(SCc3ccc(Br)cc3)n3[nH]c(=O)cc3n2)c1. The molecule has 2 aromatic heterocycles. The van der Waals surface area contributed by atoms with Crippen molar-refractivity contribution in [1.82, 2.24) is 19.6 Å². The first kappa shape index (κ1) is 17.8. The molecular formula is C19H15BrN4O2S. The van der Waals surface area contributed by atoms with Gasteiger partial charge in [0.1, 0.15) is 5.75 Å². The number of hydrogen-bond donors (Lipinski definition) is 1. The van der Waals surface area contributed by atoms with Crippen LogP contribution in [0.25, 0.3) is 17.0 Å². The van der Waals surface area contributed by atoms with Crippen LogP contribution >= 0.6 is 27.7 Å². The van der Waals surface area contributed by atoms with Gasteiger partial charge in [-0.05, 0) is 29.8 Å². The molecule has 6 nitrogen and oxygen atoms in total. The molecule has 4 rings (SSSR count). The van der Waals surface area contributed by atoms with Gasteiger partial charge in [0, 0.05) is 21.9 Å². The Morgan fingerprint density at radius 3 is 2.74 bits per heavy atom. The van der Waals surface area contributed by atoms with E-state index < -0.39 is 0 Å². The van der Waals surface area contributed by atoms with Crippen molar-refractivity contribution in [3.05, 3.63) is 75.0 Å². The van der Waals surface area contributed by atoms with Gasteiger partial charge in [0.05, 0.1) is 7.11 Å². The van der Waals surface area contributed by atoms with Crippen LogP contribution in [-0.4, -0.2) is 26.7 Å². The fourth-order valence-corrected chi connectivity index (χ4v) is 3.77. The van der Waals surface area contributed by atoms with Crippen molar-refractivity contribution in [1.29, 1.82) is 0 Å². The summed E-state index contributed by atoms with van der Waals surface area (Å²) >= 11 is 4.98. The Hall–Kier alpha value is -2.58. The van der Waals surface area contributed by atoms with Crippen molar-refractivity contribution in [3.8, 4) is 17.1 Å². The molecule has 1 N–H and O–H groups in total. The molecule has 0 atom stereocenters. The molecule has 8 heteroatoms. The van der Waals surface area contributed by atoms with E-state index in [-0.39, 0.29) is 5.56 Å². The fourth-order valence-electron chi connectivity index (χ4n) is 2.60. The van der Waals surface area contributed by atoms with Crippen LogP contribution in [0.15, 0.2) is 69.0 Å². The number of aromatic amines is 1. The molecule has 0 aliphatic heterocycles. The summed E-state index contributed by atoms with van der Waals surface area (Å²) in [6.07, 6.45) is 0. The quantitative estimate of drug-likeness (QED) is 0.470. The lowest BCUT2D eigenvalue weighted by Gasteiger charge is -2.08. The zero-order valence-electron chi connectivity index (χ0n) is 14.3. The molecule has 0 fully saturated rings. The van der Waals surface area contributed by atoms with Gasteiger partial charge < -0.3 is 4.74 Å². The highest BCUT2D eigenvalue weighted by atomic mass is 79.9. The second kappa shape index (κ2) is 7.58. The molecule has 4 aromatic rings. The van der Waals surface area contributed by atoms with Crippen LogP contribution in [0.2, 0.25) is 0 Å². The molecule has 2 aromatic carbocycles. The molecule has 0 bridgehead atoms. The number of rotatable bonds is 5. The summed E-state index contributed by atoms with van der Waals surface area (Å²) < 4.78 is 7.95. The third-order valence-corrected chi connectivity index (χ3v) is 5.47. The van der Waals surface area contributed by atoms with Gasteiger partial charge in [-0.1, -0.05) is 52.0 Å². The molecule has 0 aliphatic rings. The van der Waals surface area contributed by atoms with Crippen LogP contribution < -0.4 is 10.3 Å². The minimum absolute atomic E-state index is 0.211. The highest BCUT2D eigenvalue weighted by Gasteiger charge is 2.12. The van der Waals surface area contributed by atoms with Crippen LogP contribution in [-0.2, 0) is 5.75 Å². The average molecular weight is 443 g/mol. The highest BCUT2D eigenvalue weighted by Crippen LogP contribution is 2.26. The summed E-state index contributed by atoms with van der Waals surface area (Å²) in [7, 11) is 1.62. The monoisotopic (exact) mass is 442 g/mol. The molecular weight excluding hydrogens is 428 g/mol. The van der Waals surface area contributed by atoms with Crippen LogP contribution in [0, 0.1) is 0 Å². The van der Waals surface area contributed by atoms with Crippen LogP contribution in [0.3, 0.4) is 0 Å². The first-order chi connectivity index (χ1) is 13.1. The summed E-state index contributed by atoms with van der Waals surface area (Å²) in [4.78, 5) is 21.0. The lowest BCUT2D eigenvalue weighted by atomic mass is 10.2. The maximum absolute atomic E-state index is 11.8. The Labute approximate surface area is 167 Å². The molecule has 27 heavy (non-hydrogen) atoms. The zero-order valence-corrected chi connectivity index (χ0v) is 16.8. The molecule has 0 saturated heterocycles. The second-order valence-corrected chi connectivity index (χ2v) is 7.65. The van der Waals surface area contributed by atoms with Gasteiger partial charge in [0.15, 0.2) is 16.6 Å². The maximum atomic E-state index is 11.8. The van der Waals surface area contributed by atoms with Gasteiger partial charge >= 0.3 is 0 Å². The van der Waals surface area contributed by atoms with Crippen LogP contribution in [0.4, 0.5) is 0 Å². The Kier molecular flexibility index (Phi) is 5.00. The van der Waals surface area contributed by atoms with E-state index in [1.165, 1.54) is 17.8 Å². The average Bonchev–Trinajstić information content (AvgIpc) is 3.07. The van der Waals surface area contributed by atoms with E-state index in [1.807, 2.05) is 36.4 Å². The van der Waals surface area contributed by atoms with Crippen LogP contribution in [0.1, 0.15) is 5.56 Å². The van der Waals surface area contributed by atoms with E-state index in [4.69, 9.17) is 4.74 Å². The molecule has 0 radical (unpaired) electrons. The Morgan fingerprint density at radius 2 is 1.96 bits per heavy atom. The van der Waals surface area contributed by atoms with Gasteiger partial charge in [0.25, 0.3) is 5.56 Å². The standard InChI is InChI=1S/C19H15BrN4O2S/c1-26-15-4-2-3-13(9-15)18-21-16-10-17(25)23-24(16)19(22-18)27-11-12-5-7-14(20)8-6-12/h2-10H,11H2,1H3,(H,23,25). The highest BCUT2D eigenvalue weighted by molar-refractivity contribution is 9.10. The molecule has 0 aliphatic carbocycles. The van der Waals surface area contributed by atoms with E-state index in [1.54, 1.807) is 11.6 Å². The lowest BCUT2D eigenvalue weighted by Crippen LogP contribution is -2.04. The van der Waals surface area contributed by atoms with Gasteiger partial charge in [0.2, 0.25) is 0 Å². The minimum Gasteiger partial charge on any atom is -0.497 e. The van der Waals surface area contributed by atoms with Crippen molar-refractivity contribution in [2.75, 3.05) is 7.11 Å². The maximum Gasteiger partial charge on any atom is 0.266 e. The van der Waals surface area contributed by atoms with Crippen molar-refractivity contribution < 1.29 is 4.74 Å². The Balaban J connectivity index is 1.73. The van der Waals surface area contributed by atoms with Crippen molar-refractivity contribution in [2.24, 2.45) is 0 Å². The number of methoxy groups -OCH3 is 1. The van der Waals surface area contributed by atoms with Crippen molar-refractivity contribution in [3.63, 3.8) is 0 Å². The summed E-state index contributed by atoms with van der Waals surface area (Å²) in [5.41, 5.74) is 2.31. The zero-order chi connectivity index (χ0) is 18.8. The van der Waals surface area contributed by atoms with E-state index in [9.17, 15) is 4.79 Å². The number of H-pyrrole nitrogens is 1. The van der Waals surface area contributed by atoms with Crippen molar-refractivity contribution >= 4 is 33.3 Å². The minimum atomic E-state index is -0.211. The largest absolute Gasteiger partial charge is 0.497 e. The van der Waals surface area contributed by atoms with Crippen molar-refractivity contribution in [2.45, 2.75) is 10.9 Å². The predicted molar refractivity (Wildman–Crippen MR) is 109 cm³/mol. The molecule has 2 heterocycles. The summed E-state index contributed by atoms with van der Waals surface area (Å²) in [6.45, 7) is 0. The topological polar surface area (TPSA) is 72.3 Å². The number of aromatic nitrogens is 4. The molecule has 0 unspecified atom stereocenters. The molecule has 0 spiro atoms. The van der Waals surface area contributed by atoms with E-state index in [0.29, 0.717) is 16.6 Å². The van der Waals surface area contributed by atoms with Gasteiger partial charge in [-0.15, -0.1) is 0 Å². The van der Waals surface area contributed by atoms with Gasteiger partial charge in [-0.2, -0.15) is 0 Å². The van der Waals surface area contributed by atoms with E-state index in [0.717, 1.165) is 27.1 Å². The first-order valence-corrected chi connectivity index (χ1v) is 9.92. The number of halogens is 1. The number of hydrogen-bond acceptors (Lipinski definition) is 5. The van der Waals surface area contributed by atoms with Gasteiger partial charge in [-0.3, -0.25) is 9.89 Å². The third-order valence-electron chi connectivity index (χ3n) is 3.93. The summed E-state index contributed by atoms with van der Waals surface area (Å²) in [6, 6.07) is 17.1. The molecule has 0 amide bonds. The number of nitrogens with zero attached hydrogens (tertiary/aromatic N) is 3. The number of benzene rings is 2. The number of nitrogens with one attached hydrogen (secondary N) is 1.